The molecule has 0 aromatic heterocycles. The first kappa shape index (κ1) is 16.3. The van der Waals surface area contributed by atoms with E-state index in [-0.39, 0.29) is 12.1 Å². The van der Waals surface area contributed by atoms with Gasteiger partial charge in [-0.25, -0.2) is 18.4 Å². The van der Waals surface area contributed by atoms with Crippen molar-refractivity contribution in [3.63, 3.8) is 0 Å². The Kier molecular flexibility index (Phi) is 5.58. The molecule has 7 nitrogen and oxygen atoms in total. The molecule has 0 radical (unpaired) electrons. The molecular formula is C12H13F2N3O4. The van der Waals surface area contributed by atoms with E-state index in [1.54, 1.807) is 0 Å². The van der Waals surface area contributed by atoms with Gasteiger partial charge in [0.15, 0.2) is 0 Å². The third-order valence-corrected chi connectivity index (χ3v) is 2.46. The molecule has 0 aliphatic carbocycles. The number of halogens is 2. The molecule has 1 aromatic rings. The van der Waals surface area contributed by atoms with E-state index >= 15 is 0 Å². The van der Waals surface area contributed by atoms with Gasteiger partial charge in [-0.3, -0.25) is 4.79 Å². The van der Waals surface area contributed by atoms with Crippen LogP contribution in [0.15, 0.2) is 18.2 Å². The van der Waals surface area contributed by atoms with Crippen LogP contribution < -0.4 is 16.4 Å². The molecule has 1 aromatic carbocycles. The Bertz CT molecular complexity index is 565. The Labute approximate surface area is 118 Å². The van der Waals surface area contributed by atoms with Crippen LogP contribution >= 0.6 is 0 Å². The number of hydrogen-bond acceptors (Lipinski definition) is 3. The van der Waals surface area contributed by atoms with Crippen LogP contribution in [0.25, 0.3) is 0 Å². The summed E-state index contributed by atoms with van der Waals surface area (Å²) in [6.45, 7) is -0.349. The van der Waals surface area contributed by atoms with Crippen LogP contribution in [-0.4, -0.2) is 29.1 Å². The highest BCUT2D eigenvalue weighted by atomic mass is 19.1. The van der Waals surface area contributed by atoms with E-state index in [1.165, 1.54) is 0 Å². The van der Waals surface area contributed by atoms with E-state index in [9.17, 15) is 23.2 Å². The van der Waals surface area contributed by atoms with E-state index in [0.29, 0.717) is 0 Å². The van der Waals surface area contributed by atoms with Crippen molar-refractivity contribution >= 4 is 17.9 Å². The van der Waals surface area contributed by atoms with Crippen molar-refractivity contribution in [1.29, 1.82) is 0 Å². The molecule has 5 N–H and O–H groups in total. The van der Waals surface area contributed by atoms with Crippen molar-refractivity contribution < 1.29 is 28.3 Å². The van der Waals surface area contributed by atoms with E-state index in [4.69, 9.17) is 10.8 Å². The molecule has 0 unspecified atom stereocenters. The predicted octanol–water partition coefficient (Wildman–Crippen LogP) is 0.0926. The zero-order valence-corrected chi connectivity index (χ0v) is 10.7. The smallest absolute Gasteiger partial charge is 0.326 e. The molecule has 0 fully saturated rings. The fraction of sp³-hybridized carbons (Fsp3) is 0.250. The number of rotatable bonds is 6. The molecule has 1 atom stereocenters. The van der Waals surface area contributed by atoms with Crippen molar-refractivity contribution in [3.8, 4) is 0 Å². The number of amides is 3. The standard InChI is InChI=1S/C12H13F2N3O4/c13-7-1-2-8(14)6(3-7)5-16-12(21)17-9(11(19)20)4-10(15)18/h1-3,9H,4-5H2,(H2,15,18)(H,19,20)(H2,16,17,21)/t9-/m1/s1. The van der Waals surface area contributed by atoms with Crippen LogP contribution in [0.2, 0.25) is 0 Å². The summed E-state index contributed by atoms with van der Waals surface area (Å²) >= 11 is 0. The van der Waals surface area contributed by atoms with E-state index in [2.05, 4.69) is 5.32 Å². The van der Waals surface area contributed by atoms with Crippen LogP contribution in [0, 0.1) is 11.6 Å². The third-order valence-electron chi connectivity index (χ3n) is 2.46. The quantitative estimate of drug-likeness (QED) is 0.595. The molecule has 9 heteroatoms. The lowest BCUT2D eigenvalue weighted by molar-refractivity contribution is -0.140. The van der Waals surface area contributed by atoms with Gasteiger partial charge in [0, 0.05) is 12.1 Å². The highest BCUT2D eigenvalue weighted by molar-refractivity contribution is 5.87. The molecule has 0 heterocycles. The van der Waals surface area contributed by atoms with Gasteiger partial charge in [0.05, 0.1) is 6.42 Å². The van der Waals surface area contributed by atoms with Crippen molar-refractivity contribution in [2.75, 3.05) is 0 Å². The Morgan fingerprint density at radius 3 is 2.52 bits per heavy atom. The van der Waals surface area contributed by atoms with Gasteiger partial charge in [-0.2, -0.15) is 0 Å². The summed E-state index contributed by atoms with van der Waals surface area (Å²) in [7, 11) is 0. The van der Waals surface area contributed by atoms with Crippen molar-refractivity contribution in [2.45, 2.75) is 19.0 Å². The van der Waals surface area contributed by atoms with Gasteiger partial charge >= 0.3 is 12.0 Å². The van der Waals surface area contributed by atoms with Crippen LogP contribution in [0.3, 0.4) is 0 Å². The summed E-state index contributed by atoms with van der Waals surface area (Å²) in [5, 5.41) is 12.9. The number of urea groups is 1. The average Bonchev–Trinajstić information content (AvgIpc) is 2.38. The topological polar surface area (TPSA) is 122 Å². The molecule has 0 aliphatic rings. The van der Waals surface area contributed by atoms with Gasteiger partial charge in [-0.1, -0.05) is 0 Å². The SMILES string of the molecule is NC(=O)C[C@@H](NC(=O)NCc1cc(F)ccc1F)C(=O)O. The number of hydrogen-bond donors (Lipinski definition) is 4. The maximum absolute atomic E-state index is 13.3. The van der Waals surface area contributed by atoms with Crippen LogP contribution in [0.5, 0.6) is 0 Å². The summed E-state index contributed by atoms with van der Waals surface area (Å²) < 4.78 is 26.2. The Morgan fingerprint density at radius 2 is 1.95 bits per heavy atom. The third kappa shape index (κ3) is 5.43. The molecule has 21 heavy (non-hydrogen) atoms. The molecule has 0 saturated heterocycles. The molecule has 0 aliphatic heterocycles. The molecule has 1 rings (SSSR count). The number of carboxylic acids is 1. The van der Waals surface area contributed by atoms with Crippen LogP contribution in [0.4, 0.5) is 13.6 Å². The fourth-order valence-corrected chi connectivity index (χ4v) is 1.46. The molecule has 0 bridgehead atoms. The van der Waals surface area contributed by atoms with Crippen molar-refractivity contribution in [2.24, 2.45) is 5.73 Å². The lowest BCUT2D eigenvalue weighted by atomic mass is 10.2. The molecule has 0 spiro atoms. The van der Waals surface area contributed by atoms with Crippen LogP contribution in [0.1, 0.15) is 12.0 Å². The minimum Gasteiger partial charge on any atom is -0.480 e. The first-order valence-electron chi connectivity index (χ1n) is 5.79. The Hall–Kier alpha value is -2.71. The predicted molar refractivity (Wildman–Crippen MR) is 67.0 cm³/mol. The fourth-order valence-electron chi connectivity index (χ4n) is 1.46. The van der Waals surface area contributed by atoms with E-state index in [1.807, 2.05) is 5.32 Å². The number of carbonyl (C=O) groups is 3. The van der Waals surface area contributed by atoms with Gasteiger partial charge in [0.25, 0.3) is 0 Å². The van der Waals surface area contributed by atoms with Gasteiger partial charge in [0.1, 0.15) is 17.7 Å². The number of primary amides is 1. The average molecular weight is 301 g/mol. The maximum atomic E-state index is 13.3. The lowest BCUT2D eigenvalue weighted by Crippen LogP contribution is -2.47. The number of carboxylic acid groups (broad SMARTS) is 1. The van der Waals surface area contributed by atoms with Gasteiger partial charge < -0.3 is 21.5 Å². The Morgan fingerprint density at radius 1 is 1.29 bits per heavy atom. The summed E-state index contributed by atoms with van der Waals surface area (Å²) in [6, 6.07) is 0.268. The molecule has 0 saturated carbocycles. The first-order chi connectivity index (χ1) is 9.79. The number of carbonyl (C=O) groups excluding carboxylic acids is 2. The van der Waals surface area contributed by atoms with Gasteiger partial charge in [-0.05, 0) is 18.2 Å². The van der Waals surface area contributed by atoms with Gasteiger partial charge in [0.2, 0.25) is 5.91 Å². The highest BCUT2D eigenvalue weighted by Gasteiger charge is 2.22. The normalized spacial score (nSPS) is 11.5. The van der Waals surface area contributed by atoms with Crippen molar-refractivity contribution in [3.05, 3.63) is 35.4 Å². The highest BCUT2D eigenvalue weighted by Crippen LogP contribution is 2.09. The first-order valence-corrected chi connectivity index (χ1v) is 5.79. The minimum atomic E-state index is -1.50. The number of nitrogens with two attached hydrogens (primary N) is 1. The Balaban J connectivity index is 2.58. The zero-order chi connectivity index (χ0) is 16.0. The second-order valence-electron chi connectivity index (χ2n) is 4.12. The van der Waals surface area contributed by atoms with E-state index in [0.717, 1.165) is 18.2 Å². The monoisotopic (exact) mass is 301 g/mol. The van der Waals surface area contributed by atoms with Crippen LogP contribution in [-0.2, 0) is 16.1 Å². The summed E-state index contributed by atoms with van der Waals surface area (Å²) in [5.74, 6) is -3.74. The molecule has 3 amide bonds. The summed E-state index contributed by atoms with van der Waals surface area (Å²) in [5.41, 5.74) is 4.74. The molecular weight excluding hydrogens is 288 g/mol. The maximum Gasteiger partial charge on any atom is 0.326 e. The summed E-state index contributed by atoms with van der Waals surface area (Å²) in [4.78, 5) is 32.9. The van der Waals surface area contributed by atoms with Crippen molar-refractivity contribution in [1.82, 2.24) is 10.6 Å². The second kappa shape index (κ2) is 7.17. The lowest BCUT2D eigenvalue weighted by Gasteiger charge is -2.13. The minimum absolute atomic E-state index is 0.105. The number of aliphatic carboxylic acids is 1. The zero-order valence-electron chi connectivity index (χ0n) is 10.7. The molecule has 114 valence electrons. The van der Waals surface area contributed by atoms with E-state index < -0.39 is 42.0 Å². The largest absolute Gasteiger partial charge is 0.480 e. The number of benzene rings is 1. The summed E-state index contributed by atoms with van der Waals surface area (Å²) in [6.07, 6.45) is -0.586. The van der Waals surface area contributed by atoms with Gasteiger partial charge in [-0.15, -0.1) is 0 Å². The number of nitrogens with one attached hydrogen (secondary N) is 2. The second-order valence-corrected chi connectivity index (χ2v) is 4.12.